The molecule has 6 atom stereocenters. The van der Waals surface area contributed by atoms with E-state index in [1.54, 1.807) is 5.57 Å². The van der Waals surface area contributed by atoms with Gasteiger partial charge in [-0.2, -0.15) is 0 Å². The van der Waals surface area contributed by atoms with Crippen LogP contribution in [0.5, 0.6) is 0 Å². The summed E-state index contributed by atoms with van der Waals surface area (Å²) in [4.78, 5) is 2.61. The van der Waals surface area contributed by atoms with Crippen LogP contribution in [0.4, 0.5) is 0 Å². The van der Waals surface area contributed by atoms with Gasteiger partial charge < -0.3 is 15.1 Å². The van der Waals surface area contributed by atoms with E-state index in [-0.39, 0.29) is 17.9 Å². The predicted octanol–water partition coefficient (Wildman–Crippen LogP) is 5.58. The second-order valence-electron chi connectivity index (χ2n) is 9.90. The van der Waals surface area contributed by atoms with Gasteiger partial charge in [0.1, 0.15) is 0 Å². The van der Waals surface area contributed by atoms with Crippen LogP contribution in [0.2, 0.25) is 0 Å². The zero-order valence-corrected chi connectivity index (χ0v) is 20.5. The maximum atomic E-state index is 10.6. The molecule has 2 aliphatic rings. The molecule has 2 N–H and O–H groups in total. The number of allylic oxidation sites excluding steroid dienone is 2. The van der Waals surface area contributed by atoms with Crippen LogP contribution in [-0.2, 0) is 0 Å². The Kier molecular flexibility index (Phi) is 11.9. The van der Waals surface area contributed by atoms with Gasteiger partial charge in [-0.1, -0.05) is 44.6 Å². The van der Waals surface area contributed by atoms with E-state index < -0.39 is 6.10 Å². The molecule has 0 aromatic carbocycles. The minimum atomic E-state index is -0.483. The SMILES string of the molecule is CC#CC[C@H](C)[C@H](O)C=C[C@@H]1[C@H]2CC(=CCCCCN(CCC)CCC)C[C@H]2C[C@H]1O. The van der Waals surface area contributed by atoms with Crippen molar-refractivity contribution in [2.45, 2.75) is 97.7 Å². The van der Waals surface area contributed by atoms with E-state index in [2.05, 4.69) is 42.7 Å². The highest BCUT2D eigenvalue weighted by Crippen LogP contribution is 2.50. The number of hydrogen-bond donors (Lipinski definition) is 2. The van der Waals surface area contributed by atoms with Gasteiger partial charge >= 0.3 is 0 Å². The monoisotopic (exact) mass is 429 g/mol. The third-order valence-corrected chi connectivity index (χ3v) is 7.27. The van der Waals surface area contributed by atoms with Crippen LogP contribution in [0.25, 0.3) is 0 Å². The second-order valence-corrected chi connectivity index (χ2v) is 9.90. The molecule has 176 valence electrons. The minimum absolute atomic E-state index is 0.127. The highest BCUT2D eigenvalue weighted by atomic mass is 16.3. The first-order valence-electron chi connectivity index (χ1n) is 12.8. The van der Waals surface area contributed by atoms with Crippen molar-refractivity contribution in [3.63, 3.8) is 0 Å². The van der Waals surface area contributed by atoms with E-state index in [4.69, 9.17) is 0 Å². The Labute approximate surface area is 192 Å². The third kappa shape index (κ3) is 8.41. The summed E-state index contributed by atoms with van der Waals surface area (Å²) in [7, 11) is 0. The fourth-order valence-electron chi connectivity index (χ4n) is 5.51. The van der Waals surface area contributed by atoms with Crippen molar-refractivity contribution >= 4 is 0 Å². The molecular weight excluding hydrogens is 382 g/mol. The molecular formula is C28H47NO2. The largest absolute Gasteiger partial charge is 0.392 e. The molecule has 0 aliphatic heterocycles. The van der Waals surface area contributed by atoms with Gasteiger partial charge in [-0.05, 0) is 95.7 Å². The predicted molar refractivity (Wildman–Crippen MR) is 132 cm³/mol. The van der Waals surface area contributed by atoms with Crippen molar-refractivity contribution < 1.29 is 10.2 Å². The number of fused-ring (bicyclic) bond motifs is 1. The lowest BCUT2D eigenvalue weighted by molar-refractivity contribution is 0.137. The molecule has 2 saturated carbocycles. The average Bonchev–Trinajstić information content (AvgIpc) is 3.26. The molecule has 0 unspecified atom stereocenters. The van der Waals surface area contributed by atoms with Crippen LogP contribution in [0.15, 0.2) is 23.8 Å². The molecule has 0 spiro atoms. The van der Waals surface area contributed by atoms with Crippen molar-refractivity contribution in [2.75, 3.05) is 19.6 Å². The van der Waals surface area contributed by atoms with Crippen LogP contribution in [0.3, 0.4) is 0 Å². The van der Waals surface area contributed by atoms with Crippen LogP contribution in [0, 0.1) is 35.5 Å². The van der Waals surface area contributed by atoms with Gasteiger partial charge in [-0.15, -0.1) is 11.8 Å². The molecule has 0 amide bonds. The van der Waals surface area contributed by atoms with Crippen molar-refractivity contribution in [3.8, 4) is 11.8 Å². The number of rotatable bonds is 13. The van der Waals surface area contributed by atoms with Gasteiger partial charge in [0.2, 0.25) is 0 Å². The highest BCUT2D eigenvalue weighted by molar-refractivity contribution is 5.18. The fourth-order valence-corrected chi connectivity index (χ4v) is 5.51. The fraction of sp³-hybridized carbons (Fsp3) is 0.786. The Morgan fingerprint density at radius 1 is 1.13 bits per heavy atom. The van der Waals surface area contributed by atoms with E-state index in [0.29, 0.717) is 18.3 Å². The molecule has 0 radical (unpaired) electrons. The van der Waals surface area contributed by atoms with Crippen molar-refractivity contribution in [1.29, 1.82) is 0 Å². The number of aliphatic hydroxyl groups excluding tert-OH is 2. The summed E-state index contributed by atoms with van der Waals surface area (Å²) in [5, 5.41) is 21.0. The van der Waals surface area contributed by atoms with Gasteiger partial charge in [0.25, 0.3) is 0 Å². The summed E-state index contributed by atoms with van der Waals surface area (Å²) >= 11 is 0. The first kappa shape index (κ1) is 26.2. The molecule has 2 rings (SSSR count). The van der Waals surface area contributed by atoms with Crippen LogP contribution in [0.1, 0.15) is 85.5 Å². The van der Waals surface area contributed by atoms with E-state index in [1.807, 2.05) is 19.9 Å². The van der Waals surface area contributed by atoms with E-state index in [9.17, 15) is 10.2 Å². The summed E-state index contributed by atoms with van der Waals surface area (Å²) in [6.45, 7) is 12.1. The Bertz CT molecular complexity index is 623. The molecule has 0 heterocycles. The zero-order chi connectivity index (χ0) is 22.6. The van der Waals surface area contributed by atoms with Gasteiger partial charge in [0.15, 0.2) is 0 Å². The van der Waals surface area contributed by atoms with Crippen molar-refractivity contribution in [2.24, 2.45) is 23.7 Å². The molecule has 3 nitrogen and oxygen atoms in total. The van der Waals surface area contributed by atoms with Gasteiger partial charge in [0.05, 0.1) is 12.2 Å². The second kappa shape index (κ2) is 14.1. The molecule has 0 bridgehead atoms. The first-order valence-corrected chi connectivity index (χ1v) is 12.8. The summed E-state index contributed by atoms with van der Waals surface area (Å²) in [5.41, 5.74) is 1.60. The third-order valence-electron chi connectivity index (χ3n) is 7.27. The van der Waals surface area contributed by atoms with Crippen molar-refractivity contribution in [1.82, 2.24) is 4.90 Å². The number of aliphatic hydroxyl groups is 2. The Morgan fingerprint density at radius 3 is 2.55 bits per heavy atom. The van der Waals surface area contributed by atoms with Gasteiger partial charge in [0, 0.05) is 12.3 Å². The molecule has 0 aromatic rings. The highest BCUT2D eigenvalue weighted by Gasteiger charge is 2.44. The zero-order valence-electron chi connectivity index (χ0n) is 20.5. The summed E-state index contributed by atoms with van der Waals surface area (Å²) < 4.78 is 0. The summed E-state index contributed by atoms with van der Waals surface area (Å²) in [6, 6.07) is 0. The van der Waals surface area contributed by atoms with E-state index >= 15 is 0 Å². The first-order chi connectivity index (χ1) is 15.0. The molecule has 2 fully saturated rings. The number of unbranched alkanes of at least 4 members (excludes halogenated alkanes) is 2. The molecule has 0 aromatic heterocycles. The number of hydrogen-bond acceptors (Lipinski definition) is 3. The number of nitrogens with zero attached hydrogens (tertiary/aromatic N) is 1. The maximum Gasteiger partial charge on any atom is 0.0755 e. The topological polar surface area (TPSA) is 43.7 Å². The Morgan fingerprint density at radius 2 is 1.87 bits per heavy atom. The normalized spacial score (nSPS) is 28.8. The minimum Gasteiger partial charge on any atom is -0.392 e. The lowest BCUT2D eigenvalue weighted by Crippen LogP contribution is -2.26. The van der Waals surface area contributed by atoms with Crippen LogP contribution >= 0.6 is 0 Å². The molecule has 3 heteroatoms. The summed E-state index contributed by atoms with van der Waals surface area (Å²) in [5.74, 6) is 7.42. The van der Waals surface area contributed by atoms with Gasteiger partial charge in [-0.25, -0.2) is 0 Å². The van der Waals surface area contributed by atoms with Crippen LogP contribution < -0.4 is 0 Å². The van der Waals surface area contributed by atoms with E-state index in [1.165, 1.54) is 51.7 Å². The molecule has 31 heavy (non-hydrogen) atoms. The maximum absolute atomic E-state index is 10.6. The van der Waals surface area contributed by atoms with E-state index in [0.717, 1.165) is 19.3 Å². The standard InChI is InChI=1S/C28H47NO2/c1-5-8-12-22(4)27(30)15-14-25-26-20-23(19-24(26)21-28(25)31)13-10-9-11-18-29(16-6-2)17-7-3/h13-15,22,24-28,30-31H,6-7,9-12,16-21H2,1-4H3/t22-,24-,25+,26-,27+,28+/m0/s1. The molecule has 2 aliphatic carbocycles. The quantitative estimate of drug-likeness (QED) is 0.228. The van der Waals surface area contributed by atoms with Gasteiger partial charge in [-0.3, -0.25) is 0 Å². The smallest absolute Gasteiger partial charge is 0.0755 e. The Balaban J connectivity index is 1.78. The lowest BCUT2D eigenvalue weighted by Gasteiger charge is -2.20. The molecule has 0 saturated heterocycles. The Hall–Kier alpha value is -1.08. The lowest BCUT2D eigenvalue weighted by atomic mass is 9.89. The van der Waals surface area contributed by atoms with Crippen LogP contribution in [-0.4, -0.2) is 47.0 Å². The summed E-state index contributed by atoms with van der Waals surface area (Å²) in [6.07, 6.45) is 15.9. The van der Waals surface area contributed by atoms with Crippen molar-refractivity contribution in [3.05, 3.63) is 23.8 Å². The average molecular weight is 430 g/mol.